The van der Waals surface area contributed by atoms with Crippen LogP contribution >= 0.6 is 0 Å². The highest BCUT2D eigenvalue weighted by Crippen LogP contribution is 2.40. The Morgan fingerprint density at radius 1 is 1.28 bits per heavy atom. The largest absolute Gasteiger partial charge is 0.480 e. The first-order valence-electron chi connectivity index (χ1n) is 9.45. The van der Waals surface area contributed by atoms with Crippen LogP contribution in [0.1, 0.15) is 70.0 Å². The fourth-order valence-corrected chi connectivity index (χ4v) is 4.28. The lowest BCUT2D eigenvalue weighted by molar-refractivity contribution is -0.149. The molecule has 1 saturated heterocycles. The van der Waals surface area contributed by atoms with Gasteiger partial charge in [-0.1, -0.05) is 24.9 Å². The Morgan fingerprint density at radius 2 is 2.08 bits per heavy atom. The molecule has 0 unspecified atom stereocenters. The third-order valence-electron chi connectivity index (χ3n) is 5.43. The molecule has 25 heavy (non-hydrogen) atoms. The van der Waals surface area contributed by atoms with E-state index in [9.17, 15) is 14.7 Å². The summed E-state index contributed by atoms with van der Waals surface area (Å²) in [4.78, 5) is 30.3. The van der Waals surface area contributed by atoms with Crippen LogP contribution in [0.15, 0.2) is 4.52 Å². The molecule has 2 heterocycles. The Bertz CT molecular complexity index is 615. The number of likely N-dealkylation sites (tertiary alicyclic amines) is 1. The number of carboxylic acids is 1. The molecule has 1 saturated carbocycles. The van der Waals surface area contributed by atoms with Gasteiger partial charge in [-0.3, -0.25) is 4.79 Å². The van der Waals surface area contributed by atoms with E-state index < -0.39 is 12.0 Å². The average molecular weight is 349 g/mol. The fraction of sp³-hybridized carbons (Fsp3) is 0.778. The van der Waals surface area contributed by atoms with Crippen molar-refractivity contribution in [3.63, 3.8) is 0 Å². The van der Waals surface area contributed by atoms with E-state index in [-0.39, 0.29) is 11.9 Å². The van der Waals surface area contributed by atoms with Gasteiger partial charge in [0.05, 0.1) is 0 Å². The Kier molecular flexibility index (Phi) is 5.71. The molecule has 1 aliphatic carbocycles. The lowest BCUT2D eigenvalue weighted by Crippen LogP contribution is -2.46. The number of carbonyl (C=O) groups is 2. The molecule has 3 rings (SSSR count). The van der Waals surface area contributed by atoms with Crippen LogP contribution in [-0.4, -0.2) is 44.1 Å². The van der Waals surface area contributed by atoms with Gasteiger partial charge in [0, 0.05) is 25.3 Å². The predicted octanol–water partition coefficient (Wildman–Crippen LogP) is 2.59. The molecule has 7 nitrogen and oxygen atoms in total. The van der Waals surface area contributed by atoms with Gasteiger partial charge < -0.3 is 14.5 Å². The summed E-state index contributed by atoms with van der Waals surface area (Å²) in [7, 11) is 0. The number of aromatic nitrogens is 2. The van der Waals surface area contributed by atoms with Gasteiger partial charge in [0.15, 0.2) is 5.82 Å². The number of rotatable bonds is 7. The Labute approximate surface area is 147 Å². The zero-order valence-electron chi connectivity index (χ0n) is 14.8. The second kappa shape index (κ2) is 7.97. The van der Waals surface area contributed by atoms with Crippen molar-refractivity contribution in [1.82, 2.24) is 15.0 Å². The molecule has 2 aliphatic rings. The molecule has 0 bridgehead atoms. The van der Waals surface area contributed by atoms with Gasteiger partial charge in [-0.15, -0.1) is 0 Å². The summed E-state index contributed by atoms with van der Waals surface area (Å²) in [5.41, 5.74) is 0. The second-order valence-electron chi connectivity index (χ2n) is 7.21. The van der Waals surface area contributed by atoms with Gasteiger partial charge in [-0.2, -0.15) is 4.98 Å². The van der Waals surface area contributed by atoms with Crippen LogP contribution in [0.4, 0.5) is 0 Å². The predicted molar refractivity (Wildman–Crippen MR) is 89.9 cm³/mol. The summed E-state index contributed by atoms with van der Waals surface area (Å²) in [5, 5.41) is 13.4. The fourth-order valence-electron chi connectivity index (χ4n) is 4.28. The molecule has 1 aromatic rings. The van der Waals surface area contributed by atoms with Crippen molar-refractivity contribution in [2.45, 2.75) is 83.2 Å². The van der Waals surface area contributed by atoms with E-state index in [0.717, 1.165) is 38.5 Å². The lowest BCUT2D eigenvalue weighted by atomic mass is 9.84. The van der Waals surface area contributed by atoms with Crippen molar-refractivity contribution in [3.05, 3.63) is 11.7 Å². The number of fused-ring (bicyclic) bond motifs is 1. The number of hydrogen-bond acceptors (Lipinski definition) is 5. The summed E-state index contributed by atoms with van der Waals surface area (Å²) in [6, 6.07) is -0.540. The van der Waals surface area contributed by atoms with Crippen LogP contribution in [0.5, 0.6) is 0 Å². The first-order chi connectivity index (χ1) is 12.1. The minimum Gasteiger partial charge on any atom is -0.480 e. The van der Waals surface area contributed by atoms with E-state index in [1.807, 2.05) is 0 Å². The number of hydrogen-bond donors (Lipinski definition) is 1. The minimum atomic E-state index is -0.871. The molecule has 138 valence electrons. The number of carboxylic acid groups (broad SMARTS) is 1. The van der Waals surface area contributed by atoms with Crippen LogP contribution in [0.25, 0.3) is 0 Å². The highest BCUT2D eigenvalue weighted by molar-refractivity contribution is 5.84. The molecule has 1 aromatic heterocycles. The van der Waals surface area contributed by atoms with Crippen LogP contribution < -0.4 is 0 Å². The Morgan fingerprint density at radius 3 is 2.84 bits per heavy atom. The summed E-state index contributed by atoms with van der Waals surface area (Å²) >= 11 is 0. The molecule has 3 atom stereocenters. The molecule has 0 radical (unpaired) electrons. The number of amides is 1. The van der Waals surface area contributed by atoms with E-state index in [2.05, 4.69) is 17.1 Å². The zero-order chi connectivity index (χ0) is 17.8. The molecule has 2 fully saturated rings. The molecular weight excluding hydrogens is 322 g/mol. The first-order valence-corrected chi connectivity index (χ1v) is 9.45. The summed E-state index contributed by atoms with van der Waals surface area (Å²) in [6.07, 6.45) is 8.06. The summed E-state index contributed by atoms with van der Waals surface area (Å²) in [5.74, 6) is 0.702. The van der Waals surface area contributed by atoms with Crippen molar-refractivity contribution >= 4 is 11.9 Å². The third-order valence-corrected chi connectivity index (χ3v) is 5.43. The zero-order valence-corrected chi connectivity index (χ0v) is 14.8. The number of aliphatic carboxylic acids is 1. The maximum absolute atomic E-state index is 12.7. The molecule has 7 heteroatoms. The molecule has 1 amide bonds. The second-order valence-corrected chi connectivity index (χ2v) is 7.21. The van der Waals surface area contributed by atoms with E-state index >= 15 is 0 Å². The quantitative estimate of drug-likeness (QED) is 0.813. The Hall–Kier alpha value is -1.92. The van der Waals surface area contributed by atoms with Gasteiger partial charge >= 0.3 is 5.97 Å². The SMILES string of the molecule is CCCc1noc(CCCC(=O)N2[C@H](C(=O)O)C[C@H]3CCCC[C@@H]32)n1. The monoisotopic (exact) mass is 349 g/mol. The van der Waals surface area contributed by atoms with E-state index in [0.29, 0.717) is 43.3 Å². The first kappa shape index (κ1) is 17.9. The molecular formula is C18H27N3O4. The van der Waals surface area contributed by atoms with Crippen molar-refractivity contribution in [3.8, 4) is 0 Å². The van der Waals surface area contributed by atoms with Gasteiger partial charge in [0.1, 0.15) is 6.04 Å². The van der Waals surface area contributed by atoms with E-state index in [4.69, 9.17) is 4.52 Å². The maximum Gasteiger partial charge on any atom is 0.326 e. The van der Waals surface area contributed by atoms with Crippen LogP contribution in [-0.2, 0) is 22.4 Å². The Balaban J connectivity index is 1.56. The van der Waals surface area contributed by atoms with Crippen molar-refractivity contribution in [1.29, 1.82) is 0 Å². The third kappa shape index (κ3) is 4.02. The van der Waals surface area contributed by atoms with Gasteiger partial charge in [0.2, 0.25) is 11.8 Å². The normalized spacial score (nSPS) is 25.8. The topological polar surface area (TPSA) is 96.5 Å². The number of nitrogens with zero attached hydrogens (tertiary/aromatic N) is 3. The van der Waals surface area contributed by atoms with Crippen molar-refractivity contribution < 1.29 is 19.2 Å². The average Bonchev–Trinajstić information content (AvgIpc) is 3.19. The minimum absolute atomic E-state index is 0.0462. The van der Waals surface area contributed by atoms with Gasteiger partial charge in [-0.25, -0.2) is 4.79 Å². The van der Waals surface area contributed by atoms with Crippen molar-refractivity contribution in [2.75, 3.05) is 0 Å². The highest BCUT2D eigenvalue weighted by atomic mass is 16.5. The van der Waals surface area contributed by atoms with E-state index in [1.54, 1.807) is 4.90 Å². The smallest absolute Gasteiger partial charge is 0.326 e. The van der Waals surface area contributed by atoms with Gasteiger partial charge in [-0.05, 0) is 38.0 Å². The summed E-state index contributed by atoms with van der Waals surface area (Å²) in [6.45, 7) is 2.06. The molecule has 0 spiro atoms. The van der Waals surface area contributed by atoms with Crippen LogP contribution in [0.2, 0.25) is 0 Å². The number of aryl methyl sites for hydroxylation is 2. The maximum atomic E-state index is 12.7. The molecule has 1 aliphatic heterocycles. The molecule has 1 N–H and O–H groups in total. The van der Waals surface area contributed by atoms with Gasteiger partial charge in [0.25, 0.3) is 0 Å². The van der Waals surface area contributed by atoms with Crippen LogP contribution in [0.3, 0.4) is 0 Å². The highest BCUT2D eigenvalue weighted by Gasteiger charge is 2.47. The molecule has 0 aromatic carbocycles. The van der Waals surface area contributed by atoms with Crippen molar-refractivity contribution in [2.24, 2.45) is 5.92 Å². The van der Waals surface area contributed by atoms with Crippen LogP contribution in [0, 0.1) is 5.92 Å². The van der Waals surface area contributed by atoms with E-state index in [1.165, 1.54) is 0 Å². The number of carbonyl (C=O) groups excluding carboxylic acids is 1. The standard InChI is InChI=1S/C18H27N3O4/c1-2-6-15-19-16(25-20-15)9-5-10-17(22)21-13-8-4-3-7-12(13)11-14(21)18(23)24/h12-14H,2-11H2,1H3,(H,23,24)/t12-,13+,14+/m1/s1. The lowest BCUT2D eigenvalue weighted by Gasteiger charge is -2.33. The summed E-state index contributed by atoms with van der Waals surface area (Å²) < 4.78 is 5.19.